The number of rotatable bonds is 21. The molecule has 3 N–H and O–H groups in total. The molecule has 0 aliphatic rings. The average molecular weight is 426 g/mol. The number of aliphatic carboxylic acids is 1. The lowest BCUT2D eigenvalue weighted by atomic mass is 10.2. The van der Waals surface area contributed by atoms with Crippen LogP contribution in [0.1, 0.15) is 56.9 Å². The Labute approximate surface area is 180 Å². The van der Waals surface area contributed by atoms with Crippen molar-refractivity contribution < 1.29 is 28.8 Å². The Balaban J connectivity index is 1.73. The van der Waals surface area contributed by atoms with Gasteiger partial charge in [0.25, 0.3) is 0 Å². The lowest BCUT2D eigenvalue weighted by molar-refractivity contribution is -0.137. The summed E-state index contributed by atoms with van der Waals surface area (Å²) in [6.45, 7) is 5.03. The zero-order valence-corrected chi connectivity index (χ0v) is 18.2. The summed E-state index contributed by atoms with van der Waals surface area (Å²) in [5, 5.41) is 8.53. The molecule has 172 valence electrons. The smallest absolute Gasteiger partial charge is 0.303 e. The number of benzene rings is 1. The minimum Gasteiger partial charge on any atom is -0.494 e. The molecule has 0 fully saturated rings. The Morgan fingerprint density at radius 2 is 1.20 bits per heavy atom. The van der Waals surface area contributed by atoms with Gasteiger partial charge in [0.1, 0.15) is 5.75 Å². The third-order valence-corrected chi connectivity index (χ3v) is 4.53. The zero-order chi connectivity index (χ0) is 21.7. The minimum atomic E-state index is -0.734. The van der Waals surface area contributed by atoms with Gasteiger partial charge in [-0.1, -0.05) is 25.0 Å². The van der Waals surface area contributed by atoms with Crippen LogP contribution in [0, 0.1) is 0 Å². The number of nitrogens with two attached hydrogens (primary N) is 1. The monoisotopic (exact) mass is 425 g/mol. The molecule has 0 heterocycles. The second kappa shape index (κ2) is 19.3. The molecule has 0 spiro atoms. The van der Waals surface area contributed by atoms with Gasteiger partial charge in [0, 0.05) is 26.2 Å². The molecule has 0 aliphatic heterocycles. The number of ether oxygens (including phenoxy) is 4. The van der Waals surface area contributed by atoms with E-state index in [4.69, 9.17) is 29.8 Å². The Morgan fingerprint density at radius 3 is 1.73 bits per heavy atom. The van der Waals surface area contributed by atoms with E-state index in [0.717, 1.165) is 63.1 Å². The zero-order valence-electron chi connectivity index (χ0n) is 18.2. The summed E-state index contributed by atoms with van der Waals surface area (Å²) in [4.78, 5) is 10.4. The molecule has 0 amide bonds. The maximum absolute atomic E-state index is 10.4. The third-order valence-electron chi connectivity index (χ3n) is 4.53. The van der Waals surface area contributed by atoms with Gasteiger partial charge in [0.15, 0.2) is 0 Å². The summed E-state index contributed by atoms with van der Waals surface area (Å²) < 4.78 is 22.2. The van der Waals surface area contributed by atoms with Gasteiger partial charge in [-0.15, -0.1) is 0 Å². The van der Waals surface area contributed by atoms with E-state index in [1.807, 2.05) is 24.3 Å². The molecule has 1 aromatic carbocycles. The van der Waals surface area contributed by atoms with Crippen molar-refractivity contribution in [3.05, 3.63) is 29.8 Å². The summed E-state index contributed by atoms with van der Waals surface area (Å²) in [6.07, 6.45) is 7.09. The molecule has 1 aromatic rings. The number of hydrogen-bond donors (Lipinski definition) is 2. The molecular weight excluding hydrogens is 386 g/mol. The van der Waals surface area contributed by atoms with Gasteiger partial charge in [-0.2, -0.15) is 0 Å². The van der Waals surface area contributed by atoms with E-state index in [-0.39, 0.29) is 6.42 Å². The Kier molecular flexibility index (Phi) is 17.0. The van der Waals surface area contributed by atoms with E-state index in [1.165, 1.54) is 0 Å². The third kappa shape index (κ3) is 16.2. The molecule has 30 heavy (non-hydrogen) atoms. The van der Waals surface area contributed by atoms with E-state index in [1.54, 1.807) is 0 Å². The molecule has 0 saturated carbocycles. The number of carboxylic acid groups (broad SMARTS) is 1. The molecule has 1 rings (SSSR count). The highest BCUT2D eigenvalue weighted by atomic mass is 16.5. The lowest BCUT2D eigenvalue weighted by Gasteiger charge is -2.08. The number of hydrogen-bond acceptors (Lipinski definition) is 6. The fourth-order valence-corrected chi connectivity index (χ4v) is 2.77. The maximum Gasteiger partial charge on any atom is 0.303 e. The van der Waals surface area contributed by atoms with E-state index < -0.39 is 5.97 Å². The first-order chi connectivity index (χ1) is 14.7. The van der Waals surface area contributed by atoms with Gasteiger partial charge in [-0.25, -0.2) is 0 Å². The van der Waals surface area contributed by atoms with Crippen molar-refractivity contribution >= 4 is 5.97 Å². The van der Waals surface area contributed by atoms with Gasteiger partial charge in [-0.05, 0) is 49.8 Å². The Hall–Kier alpha value is -1.67. The van der Waals surface area contributed by atoms with Crippen LogP contribution in [-0.2, 0) is 25.5 Å². The standard InChI is InChI=1S/C23H39NO6/c24-20-21-9-11-22(12-10-21)30-15-7-2-1-5-13-27-16-18-29-19-17-28-14-6-3-4-8-23(25)26/h9-12H,1-8,13-20,24H2,(H,25,26). The lowest BCUT2D eigenvalue weighted by Crippen LogP contribution is -2.10. The predicted octanol–water partition coefficient (Wildman–Crippen LogP) is 3.78. The van der Waals surface area contributed by atoms with Gasteiger partial charge >= 0.3 is 5.97 Å². The van der Waals surface area contributed by atoms with Crippen molar-refractivity contribution in [2.75, 3.05) is 46.2 Å². The summed E-state index contributed by atoms with van der Waals surface area (Å²) in [6, 6.07) is 7.93. The highest BCUT2D eigenvalue weighted by Gasteiger charge is 1.98. The van der Waals surface area contributed by atoms with Crippen LogP contribution in [-0.4, -0.2) is 57.3 Å². The molecule has 0 aromatic heterocycles. The van der Waals surface area contributed by atoms with Crippen molar-refractivity contribution in [3.8, 4) is 5.75 Å². The second-order valence-electron chi connectivity index (χ2n) is 7.15. The van der Waals surface area contributed by atoms with Crippen LogP contribution in [0.25, 0.3) is 0 Å². The fraction of sp³-hybridized carbons (Fsp3) is 0.696. The van der Waals surface area contributed by atoms with Crippen LogP contribution in [0.5, 0.6) is 5.75 Å². The maximum atomic E-state index is 10.4. The molecular formula is C23H39NO6. The van der Waals surface area contributed by atoms with E-state index in [9.17, 15) is 4.79 Å². The van der Waals surface area contributed by atoms with Crippen LogP contribution in [0.4, 0.5) is 0 Å². The number of carbonyl (C=O) groups is 1. The molecule has 7 nitrogen and oxygen atoms in total. The van der Waals surface area contributed by atoms with Crippen LogP contribution in [0.3, 0.4) is 0 Å². The normalized spacial score (nSPS) is 11.0. The Bertz CT molecular complexity index is 523. The highest BCUT2D eigenvalue weighted by molar-refractivity contribution is 5.66. The minimum absolute atomic E-state index is 0.238. The SMILES string of the molecule is NCc1ccc(OCCCCCCOCCOCCOCCCCCC(=O)O)cc1. The molecule has 0 bridgehead atoms. The topological polar surface area (TPSA) is 100 Å². The highest BCUT2D eigenvalue weighted by Crippen LogP contribution is 2.12. The summed E-state index contributed by atoms with van der Waals surface area (Å²) in [5.41, 5.74) is 6.69. The van der Waals surface area contributed by atoms with E-state index in [0.29, 0.717) is 46.0 Å². The number of carboxylic acids is 1. The summed E-state index contributed by atoms with van der Waals surface area (Å²) >= 11 is 0. The van der Waals surface area contributed by atoms with Crippen LogP contribution >= 0.6 is 0 Å². The molecule has 0 aliphatic carbocycles. The van der Waals surface area contributed by atoms with Crippen molar-refractivity contribution in [1.82, 2.24) is 0 Å². The van der Waals surface area contributed by atoms with Gasteiger partial charge in [0.2, 0.25) is 0 Å². The molecule has 0 unspecified atom stereocenters. The van der Waals surface area contributed by atoms with Crippen LogP contribution in [0.15, 0.2) is 24.3 Å². The number of unbranched alkanes of at least 4 members (excludes halogenated alkanes) is 5. The molecule has 0 saturated heterocycles. The predicted molar refractivity (Wildman–Crippen MR) is 117 cm³/mol. The quantitative estimate of drug-likeness (QED) is 0.289. The second-order valence-corrected chi connectivity index (χ2v) is 7.15. The molecule has 0 radical (unpaired) electrons. The first-order valence-corrected chi connectivity index (χ1v) is 11.1. The molecule has 0 atom stereocenters. The van der Waals surface area contributed by atoms with Gasteiger partial charge < -0.3 is 29.8 Å². The molecule has 7 heteroatoms. The van der Waals surface area contributed by atoms with Crippen LogP contribution in [0.2, 0.25) is 0 Å². The van der Waals surface area contributed by atoms with Crippen molar-refractivity contribution in [3.63, 3.8) is 0 Å². The fourth-order valence-electron chi connectivity index (χ4n) is 2.77. The van der Waals surface area contributed by atoms with E-state index in [2.05, 4.69) is 0 Å². The summed E-state index contributed by atoms with van der Waals surface area (Å²) in [7, 11) is 0. The van der Waals surface area contributed by atoms with Crippen molar-refractivity contribution in [1.29, 1.82) is 0 Å². The average Bonchev–Trinajstić information content (AvgIpc) is 2.75. The van der Waals surface area contributed by atoms with Gasteiger partial charge in [-0.3, -0.25) is 4.79 Å². The Morgan fingerprint density at radius 1 is 0.700 bits per heavy atom. The van der Waals surface area contributed by atoms with E-state index >= 15 is 0 Å². The van der Waals surface area contributed by atoms with Crippen molar-refractivity contribution in [2.45, 2.75) is 57.9 Å². The van der Waals surface area contributed by atoms with Gasteiger partial charge in [0.05, 0.1) is 33.0 Å². The van der Waals surface area contributed by atoms with Crippen molar-refractivity contribution in [2.24, 2.45) is 5.73 Å². The first-order valence-electron chi connectivity index (χ1n) is 11.1. The largest absolute Gasteiger partial charge is 0.494 e. The van der Waals surface area contributed by atoms with Crippen LogP contribution < -0.4 is 10.5 Å². The summed E-state index contributed by atoms with van der Waals surface area (Å²) in [5.74, 6) is 0.166. The first kappa shape index (κ1) is 26.4.